The summed E-state index contributed by atoms with van der Waals surface area (Å²) in [5.41, 5.74) is 0.654. The zero-order chi connectivity index (χ0) is 13.2. The average Bonchev–Trinajstić information content (AvgIpc) is 3.19. The summed E-state index contributed by atoms with van der Waals surface area (Å²) in [5.74, 6) is 1.47. The third kappa shape index (κ3) is 2.03. The van der Waals surface area contributed by atoms with E-state index in [9.17, 15) is 4.79 Å². The van der Waals surface area contributed by atoms with Crippen molar-refractivity contribution in [2.24, 2.45) is 0 Å². The molecular weight excluding hydrogens is 230 g/mol. The van der Waals surface area contributed by atoms with Crippen molar-refractivity contribution in [3.63, 3.8) is 0 Å². The Morgan fingerprint density at radius 2 is 1.94 bits per heavy atom. The number of rotatable bonds is 5. The first kappa shape index (κ1) is 12.7. The van der Waals surface area contributed by atoms with Gasteiger partial charge in [-0.05, 0) is 37.5 Å². The predicted octanol–water partition coefficient (Wildman–Crippen LogP) is 1.87. The van der Waals surface area contributed by atoms with Gasteiger partial charge in [-0.15, -0.1) is 0 Å². The van der Waals surface area contributed by atoms with Gasteiger partial charge in [-0.2, -0.15) is 0 Å². The highest BCUT2D eigenvalue weighted by molar-refractivity contribution is 5.91. The summed E-state index contributed by atoms with van der Waals surface area (Å²) < 4.78 is 10.5. The van der Waals surface area contributed by atoms with Crippen LogP contribution in [0.2, 0.25) is 0 Å². The fourth-order valence-corrected chi connectivity index (χ4v) is 2.24. The number of nitrogens with one attached hydrogen (secondary N) is 1. The number of hydrogen-bond donors (Lipinski definition) is 1. The Kier molecular flexibility index (Phi) is 3.45. The number of methoxy groups -OCH3 is 2. The molecule has 0 saturated heterocycles. The molecule has 0 spiro atoms. The van der Waals surface area contributed by atoms with E-state index in [-0.39, 0.29) is 11.3 Å². The van der Waals surface area contributed by atoms with Crippen LogP contribution in [-0.2, 0) is 10.2 Å². The van der Waals surface area contributed by atoms with Crippen LogP contribution in [0.3, 0.4) is 0 Å². The summed E-state index contributed by atoms with van der Waals surface area (Å²) >= 11 is 0. The van der Waals surface area contributed by atoms with Gasteiger partial charge in [0.2, 0.25) is 5.91 Å². The van der Waals surface area contributed by atoms with Crippen LogP contribution in [0.15, 0.2) is 18.2 Å². The van der Waals surface area contributed by atoms with Crippen LogP contribution < -0.4 is 14.8 Å². The summed E-state index contributed by atoms with van der Waals surface area (Å²) in [6.45, 7) is 2.59. The monoisotopic (exact) mass is 249 g/mol. The van der Waals surface area contributed by atoms with Gasteiger partial charge in [0, 0.05) is 6.54 Å². The van der Waals surface area contributed by atoms with E-state index in [2.05, 4.69) is 5.32 Å². The molecule has 1 amide bonds. The minimum atomic E-state index is -0.352. The van der Waals surface area contributed by atoms with E-state index < -0.39 is 0 Å². The Hall–Kier alpha value is -1.71. The Labute approximate surface area is 107 Å². The van der Waals surface area contributed by atoms with Gasteiger partial charge in [0.15, 0.2) is 11.5 Å². The van der Waals surface area contributed by atoms with E-state index in [1.54, 1.807) is 14.2 Å². The molecule has 2 rings (SSSR count). The van der Waals surface area contributed by atoms with Gasteiger partial charge >= 0.3 is 0 Å². The van der Waals surface area contributed by atoms with Crippen LogP contribution >= 0.6 is 0 Å². The molecule has 1 aromatic carbocycles. The summed E-state index contributed by atoms with van der Waals surface area (Å²) in [4.78, 5) is 12.1. The molecule has 98 valence electrons. The predicted molar refractivity (Wildman–Crippen MR) is 69.1 cm³/mol. The topological polar surface area (TPSA) is 47.6 Å². The number of ether oxygens (including phenoxy) is 2. The van der Waals surface area contributed by atoms with Crippen molar-refractivity contribution >= 4 is 5.91 Å². The SMILES string of the molecule is CCNC(=O)C1(c2ccc(OC)c(OC)c2)CC1. The zero-order valence-corrected chi connectivity index (χ0v) is 11.1. The van der Waals surface area contributed by atoms with Gasteiger partial charge in [0.05, 0.1) is 19.6 Å². The summed E-state index contributed by atoms with van der Waals surface area (Å²) in [6, 6.07) is 5.71. The molecule has 18 heavy (non-hydrogen) atoms. The first-order valence-electron chi connectivity index (χ1n) is 6.18. The first-order chi connectivity index (χ1) is 8.67. The highest BCUT2D eigenvalue weighted by Gasteiger charge is 2.51. The normalized spacial score (nSPS) is 15.9. The molecule has 1 aliphatic rings. The maximum Gasteiger partial charge on any atom is 0.230 e. The highest BCUT2D eigenvalue weighted by Crippen LogP contribution is 2.50. The molecular formula is C14H19NO3. The van der Waals surface area contributed by atoms with Crippen LogP contribution in [0.1, 0.15) is 25.3 Å². The van der Waals surface area contributed by atoms with Crippen LogP contribution in [0.4, 0.5) is 0 Å². The Bertz CT molecular complexity index is 452. The van der Waals surface area contributed by atoms with Crippen LogP contribution in [-0.4, -0.2) is 26.7 Å². The maximum absolute atomic E-state index is 12.1. The number of carbonyl (C=O) groups is 1. The standard InChI is InChI=1S/C14H19NO3/c1-4-15-13(16)14(7-8-14)10-5-6-11(17-2)12(9-10)18-3/h5-6,9H,4,7-8H2,1-3H3,(H,15,16). The summed E-state index contributed by atoms with van der Waals surface area (Å²) in [7, 11) is 3.21. The quantitative estimate of drug-likeness (QED) is 0.866. The number of benzene rings is 1. The lowest BCUT2D eigenvalue weighted by molar-refractivity contribution is -0.123. The fourth-order valence-electron chi connectivity index (χ4n) is 2.24. The van der Waals surface area contributed by atoms with Crippen molar-refractivity contribution in [1.82, 2.24) is 5.32 Å². The molecule has 1 N–H and O–H groups in total. The minimum absolute atomic E-state index is 0.109. The minimum Gasteiger partial charge on any atom is -0.493 e. The highest BCUT2D eigenvalue weighted by atomic mass is 16.5. The second-order valence-electron chi connectivity index (χ2n) is 4.51. The molecule has 1 fully saturated rings. The van der Waals surface area contributed by atoms with Crippen molar-refractivity contribution in [2.75, 3.05) is 20.8 Å². The van der Waals surface area contributed by atoms with E-state index >= 15 is 0 Å². The second kappa shape index (κ2) is 4.88. The molecule has 0 bridgehead atoms. The van der Waals surface area contributed by atoms with Crippen LogP contribution in [0, 0.1) is 0 Å². The van der Waals surface area contributed by atoms with Gasteiger partial charge in [0.25, 0.3) is 0 Å². The molecule has 0 radical (unpaired) electrons. The third-order valence-electron chi connectivity index (χ3n) is 3.46. The van der Waals surface area contributed by atoms with Crippen molar-refractivity contribution in [3.8, 4) is 11.5 Å². The van der Waals surface area contributed by atoms with Gasteiger partial charge < -0.3 is 14.8 Å². The van der Waals surface area contributed by atoms with E-state index in [1.165, 1.54) is 0 Å². The number of likely N-dealkylation sites (N-methyl/N-ethyl adjacent to an activating group) is 1. The number of carbonyl (C=O) groups excluding carboxylic acids is 1. The first-order valence-corrected chi connectivity index (χ1v) is 6.18. The molecule has 0 heterocycles. The molecule has 1 saturated carbocycles. The molecule has 0 aromatic heterocycles. The lowest BCUT2D eigenvalue weighted by atomic mass is 9.94. The second-order valence-corrected chi connectivity index (χ2v) is 4.51. The van der Waals surface area contributed by atoms with Gasteiger partial charge in [-0.1, -0.05) is 6.07 Å². The molecule has 0 aliphatic heterocycles. The number of amides is 1. The van der Waals surface area contributed by atoms with Gasteiger partial charge in [0.1, 0.15) is 0 Å². The summed E-state index contributed by atoms with van der Waals surface area (Å²) in [6.07, 6.45) is 1.79. The molecule has 4 nitrogen and oxygen atoms in total. The van der Waals surface area contributed by atoms with E-state index in [1.807, 2.05) is 25.1 Å². The van der Waals surface area contributed by atoms with Crippen molar-refractivity contribution < 1.29 is 14.3 Å². The average molecular weight is 249 g/mol. The molecule has 0 atom stereocenters. The molecule has 1 aliphatic carbocycles. The third-order valence-corrected chi connectivity index (χ3v) is 3.46. The zero-order valence-electron chi connectivity index (χ0n) is 11.1. The smallest absolute Gasteiger partial charge is 0.230 e. The lowest BCUT2D eigenvalue weighted by Crippen LogP contribution is -2.34. The van der Waals surface area contributed by atoms with E-state index in [0.717, 1.165) is 18.4 Å². The Morgan fingerprint density at radius 1 is 1.28 bits per heavy atom. The number of hydrogen-bond acceptors (Lipinski definition) is 3. The van der Waals surface area contributed by atoms with Crippen molar-refractivity contribution in [3.05, 3.63) is 23.8 Å². The van der Waals surface area contributed by atoms with Crippen LogP contribution in [0.5, 0.6) is 11.5 Å². The van der Waals surface area contributed by atoms with Gasteiger partial charge in [-0.3, -0.25) is 4.79 Å². The lowest BCUT2D eigenvalue weighted by Gasteiger charge is -2.17. The molecule has 1 aromatic rings. The van der Waals surface area contributed by atoms with Crippen LogP contribution in [0.25, 0.3) is 0 Å². The maximum atomic E-state index is 12.1. The van der Waals surface area contributed by atoms with Crippen molar-refractivity contribution in [1.29, 1.82) is 0 Å². The Morgan fingerprint density at radius 3 is 2.44 bits per heavy atom. The largest absolute Gasteiger partial charge is 0.493 e. The van der Waals surface area contributed by atoms with Crippen molar-refractivity contribution in [2.45, 2.75) is 25.2 Å². The molecule has 0 unspecified atom stereocenters. The van der Waals surface area contributed by atoms with E-state index in [4.69, 9.17) is 9.47 Å². The summed E-state index contributed by atoms with van der Waals surface area (Å²) in [5, 5.41) is 2.90. The fraction of sp³-hybridized carbons (Fsp3) is 0.500. The Balaban J connectivity index is 2.31. The molecule has 4 heteroatoms. The van der Waals surface area contributed by atoms with Gasteiger partial charge in [-0.25, -0.2) is 0 Å². The van der Waals surface area contributed by atoms with E-state index in [0.29, 0.717) is 18.0 Å².